The van der Waals surface area contributed by atoms with E-state index in [9.17, 15) is 4.79 Å². The van der Waals surface area contributed by atoms with E-state index in [4.69, 9.17) is 4.74 Å². The van der Waals surface area contributed by atoms with Gasteiger partial charge in [0.15, 0.2) is 0 Å². The van der Waals surface area contributed by atoms with Gasteiger partial charge in [0, 0.05) is 32.4 Å². The summed E-state index contributed by atoms with van der Waals surface area (Å²) in [6.45, 7) is 7.70. The van der Waals surface area contributed by atoms with E-state index in [2.05, 4.69) is 21.8 Å². The van der Waals surface area contributed by atoms with Crippen molar-refractivity contribution in [2.45, 2.75) is 20.0 Å². The molecule has 2 rings (SSSR count). The van der Waals surface area contributed by atoms with Crippen LogP contribution in [0, 0.1) is 0 Å². The van der Waals surface area contributed by atoms with Crippen LogP contribution in [0.3, 0.4) is 0 Å². The summed E-state index contributed by atoms with van der Waals surface area (Å²) in [6, 6.07) is 3.67. The Kier molecular flexibility index (Phi) is 4.37. The third kappa shape index (κ3) is 3.67. The molecule has 0 aliphatic carbocycles. The van der Waals surface area contributed by atoms with Gasteiger partial charge in [-0.3, -0.25) is 0 Å². The fourth-order valence-corrected chi connectivity index (χ4v) is 2.01. The van der Waals surface area contributed by atoms with Crippen molar-refractivity contribution in [1.29, 1.82) is 0 Å². The molecule has 0 saturated carbocycles. The van der Waals surface area contributed by atoms with Gasteiger partial charge in [-0.2, -0.15) is 0 Å². The van der Waals surface area contributed by atoms with Crippen LogP contribution in [0.4, 0.5) is 5.82 Å². The molecule has 19 heavy (non-hydrogen) atoms. The lowest BCUT2D eigenvalue weighted by atomic mass is 10.2. The highest BCUT2D eigenvalue weighted by Gasteiger charge is 2.16. The van der Waals surface area contributed by atoms with Gasteiger partial charge in [-0.1, -0.05) is 0 Å². The van der Waals surface area contributed by atoms with Crippen molar-refractivity contribution in [2.75, 3.05) is 38.1 Å². The molecule has 1 saturated heterocycles. The molecule has 5 heteroatoms. The first-order chi connectivity index (χ1) is 9.06. The zero-order valence-corrected chi connectivity index (χ0v) is 11.8. The van der Waals surface area contributed by atoms with Crippen molar-refractivity contribution in [3.8, 4) is 0 Å². The van der Waals surface area contributed by atoms with E-state index in [1.807, 2.05) is 19.9 Å². The number of carbonyl (C=O) groups is 1. The lowest BCUT2D eigenvalue weighted by Gasteiger charge is -2.33. The zero-order chi connectivity index (χ0) is 13.8. The Bertz CT molecular complexity index is 423. The molecule has 0 radical (unpaired) electrons. The lowest BCUT2D eigenvalue weighted by molar-refractivity contribution is 0.0377. The molecule has 0 bridgehead atoms. The van der Waals surface area contributed by atoms with Crippen molar-refractivity contribution < 1.29 is 9.53 Å². The molecule has 0 aromatic carbocycles. The van der Waals surface area contributed by atoms with Crippen LogP contribution >= 0.6 is 0 Å². The van der Waals surface area contributed by atoms with Crippen molar-refractivity contribution in [1.82, 2.24) is 9.88 Å². The van der Waals surface area contributed by atoms with E-state index in [0.717, 1.165) is 32.0 Å². The maximum Gasteiger partial charge on any atom is 0.339 e. The second kappa shape index (κ2) is 6.02. The fraction of sp³-hybridized carbons (Fsp3) is 0.571. The number of ether oxygens (including phenoxy) is 1. The summed E-state index contributed by atoms with van der Waals surface area (Å²) >= 11 is 0. The first kappa shape index (κ1) is 13.8. The van der Waals surface area contributed by atoms with Gasteiger partial charge in [-0.25, -0.2) is 9.78 Å². The maximum absolute atomic E-state index is 11.7. The number of esters is 1. The minimum absolute atomic E-state index is 0.107. The predicted octanol–water partition coefficient (Wildman–Crippen LogP) is 1.40. The molecular formula is C14H21N3O2. The number of aromatic nitrogens is 1. The number of nitrogens with zero attached hydrogens (tertiary/aromatic N) is 3. The average molecular weight is 263 g/mol. The smallest absolute Gasteiger partial charge is 0.339 e. The second-order valence-corrected chi connectivity index (χ2v) is 5.15. The highest BCUT2D eigenvalue weighted by atomic mass is 16.5. The number of hydrogen-bond acceptors (Lipinski definition) is 5. The minimum Gasteiger partial charge on any atom is -0.459 e. The Morgan fingerprint density at radius 3 is 2.47 bits per heavy atom. The summed E-state index contributed by atoms with van der Waals surface area (Å²) in [7, 11) is 2.12. The molecule has 1 aromatic rings. The summed E-state index contributed by atoms with van der Waals surface area (Å²) in [4.78, 5) is 20.6. The molecule has 0 atom stereocenters. The third-order valence-electron chi connectivity index (χ3n) is 3.15. The van der Waals surface area contributed by atoms with Crippen molar-refractivity contribution in [3.05, 3.63) is 23.9 Å². The fourth-order valence-electron chi connectivity index (χ4n) is 2.01. The Hall–Kier alpha value is -1.62. The Morgan fingerprint density at radius 2 is 1.95 bits per heavy atom. The average Bonchev–Trinajstić information content (AvgIpc) is 2.39. The number of anilines is 1. The molecule has 1 aliphatic rings. The summed E-state index contributed by atoms with van der Waals surface area (Å²) < 4.78 is 5.14. The van der Waals surface area contributed by atoms with E-state index in [0.29, 0.717) is 5.56 Å². The van der Waals surface area contributed by atoms with E-state index < -0.39 is 0 Å². The first-order valence-electron chi connectivity index (χ1n) is 6.67. The topological polar surface area (TPSA) is 45.7 Å². The molecule has 0 N–H and O–H groups in total. The molecule has 5 nitrogen and oxygen atoms in total. The molecule has 1 fully saturated rings. The number of carbonyl (C=O) groups excluding carboxylic acids is 1. The number of hydrogen-bond donors (Lipinski definition) is 0. The summed E-state index contributed by atoms with van der Waals surface area (Å²) in [5, 5.41) is 0. The Labute approximate surface area is 114 Å². The highest BCUT2D eigenvalue weighted by molar-refractivity contribution is 5.89. The number of rotatable bonds is 3. The predicted molar refractivity (Wildman–Crippen MR) is 74.5 cm³/mol. The molecule has 1 aromatic heterocycles. The quantitative estimate of drug-likeness (QED) is 0.771. The van der Waals surface area contributed by atoms with Gasteiger partial charge >= 0.3 is 5.97 Å². The second-order valence-electron chi connectivity index (χ2n) is 5.15. The van der Waals surface area contributed by atoms with E-state index in [1.54, 1.807) is 12.3 Å². The van der Waals surface area contributed by atoms with Gasteiger partial charge in [0.1, 0.15) is 5.82 Å². The van der Waals surface area contributed by atoms with Crippen LogP contribution in [0.5, 0.6) is 0 Å². The number of likely N-dealkylation sites (N-methyl/N-ethyl adjacent to an activating group) is 1. The van der Waals surface area contributed by atoms with Crippen LogP contribution in [0.25, 0.3) is 0 Å². The molecule has 0 amide bonds. The van der Waals surface area contributed by atoms with Gasteiger partial charge in [-0.15, -0.1) is 0 Å². The van der Waals surface area contributed by atoms with Crippen molar-refractivity contribution >= 4 is 11.8 Å². The molecule has 104 valence electrons. The largest absolute Gasteiger partial charge is 0.459 e. The van der Waals surface area contributed by atoms with E-state index in [1.165, 1.54) is 0 Å². The highest BCUT2D eigenvalue weighted by Crippen LogP contribution is 2.14. The van der Waals surface area contributed by atoms with Gasteiger partial charge in [0.05, 0.1) is 11.7 Å². The van der Waals surface area contributed by atoms with Crippen LogP contribution < -0.4 is 4.90 Å². The SMILES string of the molecule is CC(C)OC(=O)c1ccc(N2CCN(C)CC2)nc1. The zero-order valence-electron chi connectivity index (χ0n) is 11.8. The number of pyridine rings is 1. The minimum atomic E-state index is -0.313. The van der Waals surface area contributed by atoms with E-state index in [-0.39, 0.29) is 12.1 Å². The standard InChI is InChI=1S/C14H21N3O2/c1-11(2)19-14(18)12-4-5-13(15-10-12)17-8-6-16(3)7-9-17/h4-5,10-11H,6-9H2,1-3H3. The van der Waals surface area contributed by atoms with Gasteiger partial charge < -0.3 is 14.5 Å². The molecular weight excluding hydrogens is 242 g/mol. The molecule has 0 spiro atoms. The van der Waals surface area contributed by atoms with Crippen LogP contribution in [0.1, 0.15) is 24.2 Å². The van der Waals surface area contributed by atoms with Gasteiger partial charge in [0.2, 0.25) is 0 Å². The summed E-state index contributed by atoms with van der Waals surface area (Å²) in [6.07, 6.45) is 1.49. The molecule has 0 unspecified atom stereocenters. The first-order valence-corrected chi connectivity index (χ1v) is 6.67. The summed E-state index contributed by atoms with van der Waals surface area (Å²) in [5.74, 6) is 0.613. The normalized spacial score (nSPS) is 16.7. The Balaban J connectivity index is 2.00. The van der Waals surface area contributed by atoms with Crippen molar-refractivity contribution in [3.63, 3.8) is 0 Å². The van der Waals surface area contributed by atoms with Crippen LogP contribution in [0.15, 0.2) is 18.3 Å². The summed E-state index contributed by atoms with van der Waals surface area (Å²) in [5.41, 5.74) is 0.506. The van der Waals surface area contributed by atoms with Crippen molar-refractivity contribution in [2.24, 2.45) is 0 Å². The molecule has 2 heterocycles. The lowest BCUT2D eigenvalue weighted by Crippen LogP contribution is -2.44. The van der Waals surface area contributed by atoms with Crippen LogP contribution in [-0.2, 0) is 4.74 Å². The van der Waals surface area contributed by atoms with Crippen LogP contribution in [0.2, 0.25) is 0 Å². The number of piperazine rings is 1. The third-order valence-corrected chi connectivity index (χ3v) is 3.15. The maximum atomic E-state index is 11.7. The van der Waals surface area contributed by atoms with E-state index >= 15 is 0 Å². The molecule has 1 aliphatic heterocycles. The van der Waals surface area contributed by atoms with Gasteiger partial charge in [0.25, 0.3) is 0 Å². The van der Waals surface area contributed by atoms with Crippen LogP contribution in [-0.4, -0.2) is 55.2 Å². The monoisotopic (exact) mass is 263 g/mol. The van der Waals surface area contributed by atoms with Gasteiger partial charge in [-0.05, 0) is 33.0 Å². The Morgan fingerprint density at radius 1 is 1.26 bits per heavy atom.